The highest BCUT2D eigenvalue weighted by atomic mass is 127. The van der Waals surface area contributed by atoms with Gasteiger partial charge in [0.15, 0.2) is 0 Å². The predicted octanol–water partition coefficient (Wildman–Crippen LogP) is 1.64. The van der Waals surface area contributed by atoms with Gasteiger partial charge in [-0.15, -0.1) is 0 Å². The first-order valence-corrected chi connectivity index (χ1v) is 6.61. The first-order valence-electron chi connectivity index (χ1n) is 4.46. The molecule has 1 rings (SSSR count). The molecule has 0 amide bonds. The summed E-state index contributed by atoms with van der Waals surface area (Å²) >= 11 is 4.19. The number of nitrogens with two attached hydrogens (primary N) is 1. The number of phenols is 1. The summed E-state index contributed by atoms with van der Waals surface area (Å²) in [5.41, 5.74) is 6.30. The summed E-state index contributed by atoms with van der Waals surface area (Å²) in [6.07, 6.45) is 0.269. The van der Waals surface area contributed by atoms with Crippen LogP contribution < -0.4 is 5.73 Å². The van der Waals surface area contributed by atoms with E-state index in [1.807, 2.05) is 28.7 Å². The van der Waals surface area contributed by atoms with Crippen LogP contribution in [0.4, 0.5) is 0 Å². The molecule has 0 aliphatic carbocycles. The van der Waals surface area contributed by atoms with E-state index in [-0.39, 0.29) is 12.2 Å². The second kappa shape index (κ2) is 6.01. The zero-order chi connectivity index (χ0) is 12.3. The summed E-state index contributed by atoms with van der Waals surface area (Å²) in [7, 11) is 1.29. The lowest BCUT2D eigenvalue weighted by molar-refractivity contribution is -0.142. The predicted molar refractivity (Wildman–Crippen MR) is 77.2 cm³/mol. The number of carbonyl (C=O) groups is 1. The molecule has 88 valence electrons. The van der Waals surface area contributed by atoms with Gasteiger partial charge < -0.3 is 15.6 Å². The SMILES string of the molecule is COC(=O)C(N)Cc1cc(I)cc(I)c1O. The minimum absolute atomic E-state index is 0.181. The highest BCUT2D eigenvalue weighted by Crippen LogP contribution is 2.27. The Balaban J connectivity index is 2.93. The van der Waals surface area contributed by atoms with Crippen LogP contribution in [-0.4, -0.2) is 24.2 Å². The highest BCUT2D eigenvalue weighted by molar-refractivity contribution is 14.1. The Kier molecular flexibility index (Phi) is 5.25. The maximum atomic E-state index is 11.2. The van der Waals surface area contributed by atoms with Gasteiger partial charge in [-0.2, -0.15) is 0 Å². The monoisotopic (exact) mass is 447 g/mol. The van der Waals surface area contributed by atoms with Crippen molar-refractivity contribution in [2.45, 2.75) is 12.5 Å². The van der Waals surface area contributed by atoms with E-state index in [0.717, 1.165) is 7.14 Å². The number of hydrogen-bond donors (Lipinski definition) is 2. The van der Waals surface area contributed by atoms with Gasteiger partial charge in [0.05, 0.1) is 10.7 Å². The first-order chi connectivity index (χ1) is 7.45. The topological polar surface area (TPSA) is 72.5 Å². The largest absolute Gasteiger partial charge is 0.507 e. The lowest BCUT2D eigenvalue weighted by Gasteiger charge is -2.11. The van der Waals surface area contributed by atoms with Crippen molar-refractivity contribution in [3.05, 3.63) is 24.8 Å². The molecule has 0 aliphatic rings. The standard InChI is InChI=1S/C10H11I2NO3/c1-16-10(15)8(13)3-5-2-6(11)4-7(12)9(5)14/h2,4,8,14H,3,13H2,1H3. The average molecular weight is 447 g/mol. The summed E-state index contributed by atoms with van der Waals surface area (Å²) in [5, 5.41) is 9.81. The molecule has 1 aromatic carbocycles. The van der Waals surface area contributed by atoms with Crippen molar-refractivity contribution in [2.24, 2.45) is 5.73 Å². The van der Waals surface area contributed by atoms with Crippen LogP contribution in [0, 0.1) is 7.14 Å². The number of ether oxygens (including phenoxy) is 1. The molecule has 4 nitrogen and oxygen atoms in total. The number of carbonyl (C=O) groups excluding carboxylic acids is 1. The van der Waals surface area contributed by atoms with E-state index < -0.39 is 12.0 Å². The minimum atomic E-state index is -0.745. The molecular formula is C10H11I2NO3. The van der Waals surface area contributed by atoms with Crippen molar-refractivity contribution in [2.75, 3.05) is 7.11 Å². The van der Waals surface area contributed by atoms with Crippen LogP contribution in [0.5, 0.6) is 5.75 Å². The number of halogens is 2. The summed E-state index contributed by atoms with van der Waals surface area (Å²) in [4.78, 5) is 11.2. The third-order valence-corrected chi connectivity index (χ3v) is 3.50. The van der Waals surface area contributed by atoms with Crippen molar-refractivity contribution in [1.82, 2.24) is 0 Å². The van der Waals surface area contributed by atoms with Gasteiger partial charge in [-0.1, -0.05) is 0 Å². The van der Waals surface area contributed by atoms with Crippen molar-refractivity contribution >= 4 is 51.2 Å². The molecule has 0 radical (unpaired) electrons. The lowest BCUT2D eigenvalue weighted by Crippen LogP contribution is -2.33. The number of hydrogen-bond acceptors (Lipinski definition) is 4. The Morgan fingerprint density at radius 2 is 2.19 bits per heavy atom. The Morgan fingerprint density at radius 3 is 2.75 bits per heavy atom. The maximum absolute atomic E-state index is 11.2. The third-order valence-electron chi connectivity index (χ3n) is 2.05. The third kappa shape index (κ3) is 3.45. The molecule has 0 aliphatic heterocycles. The lowest BCUT2D eigenvalue weighted by atomic mass is 10.1. The van der Waals surface area contributed by atoms with E-state index >= 15 is 0 Å². The van der Waals surface area contributed by atoms with Gasteiger partial charge in [-0.05, 0) is 62.9 Å². The summed E-state index contributed by atoms with van der Waals surface area (Å²) in [6.45, 7) is 0. The van der Waals surface area contributed by atoms with Gasteiger partial charge in [-0.3, -0.25) is 4.79 Å². The molecule has 16 heavy (non-hydrogen) atoms. The number of esters is 1. The molecule has 3 N–H and O–H groups in total. The average Bonchev–Trinajstić information content (AvgIpc) is 2.23. The van der Waals surface area contributed by atoms with E-state index in [0.29, 0.717) is 5.56 Å². The maximum Gasteiger partial charge on any atom is 0.322 e. The van der Waals surface area contributed by atoms with Crippen LogP contribution in [-0.2, 0) is 16.0 Å². The fourth-order valence-corrected chi connectivity index (χ4v) is 3.21. The summed E-state index contributed by atoms with van der Waals surface area (Å²) in [5.74, 6) is -0.298. The van der Waals surface area contributed by atoms with Crippen LogP contribution in [0.15, 0.2) is 12.1 Å². The van der Waals surface area contributed by atoms with Crippen LogP contribution in [0.3, 0.4) is 0 Å². The van der Waals surface area contributed by atoms with Gasteiger partial charge >= 0.3 is 5.97 Å². The molecule has 1 aromatic rings. The van der Waals surface area contributed by atoms with E-state index in [1.54, 1.807) is 6.07 Å². The Morgan fingerprint density at radius 1 is 1.56 bits per heavy atom. The molecule has 1 atom stereocenters. The molecule has 0 bridgehead atoms. The van der Waals surface area contributed by atoms with Gasteiger partial charge in [-0.25, -0.2) is 0 Å². The number of methoxy groups -OCH3 is 1. The Bertz CT molecular complexity index is 409. The van der Waals surface area contributed by atoms with Crippen LogP contribution in [0.1, 0.15) is 5.56 Å². The minimum Gasteiger partial charge on any atom is -0.507 e. The van der Waals surface area contributed by atoms with Crippen LogP contribution in [0.2, 0.25) is 0 Å². The van der Waals surface area contributed by atoms with Crippen molar-refractivity contribution in [3.63, 3.8) is 0 Å². The first kappa shape index (κ1) is 14.0. The van der Waals surface area contributed by atoms with Crippen LogP contribution in [0.25, 0.3) is 0 Å². The van der Waals surface area contributed by atoms with Gasteiger partial charge in [0.25, 0.3) is 0 Å². The second-order valence-electron chi connectivity index (χ2n) is 3.23. The number of phenolic OH excluding ortho intramolecular Hbond substituents is 1. The molecule has 0 heterocycles. The van der Waals surface area contributed by atoms with E-state index in [2.05, 4.69) is 27.3 Å². The zero-order valence-corrected chi connectivity index (χ0v) is 12.9. The molecule has 0 fully saturated rings. The van der Waals surface area contributed by atoms with Gasteiger partial charge in [0.2, 0.25) is 0 Å². The number of rotatable bonds is 3. The Labute approximate surface area is 121 Å². The highest BCUT2D eigenvalue weighted by Gasteiger charge is 2.17. The fourth-order valence-electron chi connectivity index (χ4n) is 1.25. The molecule has 0 saturated carbocycles. The number of benzene rings is 1. The van der Waals surface area contributed by atoms with E-state index in [4.69, 9.17) is 5.73 Å². The van der Waals surface area contributed by atoms with Crippen molar-refractivity contribution < 1.29 is 14.6 Å². The molecule has 0 spiro atoms. The fraction of sp³-hybridized carbons (Fsp3) is 0.300. The summed E-state index contributed by atoms with van der Waals surface area (Å²) < 4.78 is 6.27. The quantitative estimate of drug-likeness (QED) is 0.547. The zero-order valence-electron chi connectivity index (χ0n) is 8.54. The molecule has 0 aromatic heterocycles. The van der Waals surface area contributed by atoms with Crippen molar-refractivity contribution in [1.29, 1.82) is 0 Å². The second-order valence-corrected chi connectivity index (χ2v) is 5.64. The molecule has 0 saturated heterocycles. The van der Waals surface area contributed by atoms with E-state index in [1.165, 1.54) is 7.11 Å². The van der Waals surface area contributed by atoms with Crippen molar-refractivity contribution in [3.8, 4) is 5.75 Å². The van der Waals surface area contributed by atoms with E-state index in [9.17, 15) is 9.90 Å². The molecule has 6 heteroatoms. The van der Waals surface area contributed by atoms with Crippen LogP contribution >= 0.6 is 45.2 Å². The smallest absolute Gasteiger partial charge is 0.322 e. The molecular weight excluding hydrogens is 436 g/mol. The molecule has 1 unspecified atom stereocenters. The summed E-state index contributed by atoms with van der Waals surface area (Å²) in [6, 6.07) is 2.91. The van der Waals surface area contributed by atoms with Gasteiger partial charge in [0, 0.05) is 9.99 Å². The number of aromatic hydroxyl groups is 1. The Hall–Kier alpha value is -0.0900. The normalized spacial score (nSPS) is 12.2. The van der Waals surface area contributed by atoms with Gasteiger partial charge in [0.1, 0.15) is 11.8 Å².